The molecule has 2 amide bonds. The van der Waals surface area contributed by atoms with Crippen molar-refractivity contribution in [3.63, 3.8) is 0 Å². The highest BCUT2D eigenvalue weighted by atomic mass is 19.3. The van der Waals surface area contributed by atoms with E-state index in [2.05, 4.69) is 10.3 Å². The van der Waals surface area contributed by atoms with Crippen LogP contribution in [0.2, 0.25) is 0 Å². The number of aromatic nitrogens is 4. The molecule has 3 aliphatic heterocycles. The van der Waals surface area contributed by atoms with Crippen molar-refractivity contribution >= 4 is 28.8 Å². The molecule has 1 N–H and O–H groups in total. The van der Waals surface area contributed by atoms with Crippen LogP contribution in [0.15, 0.2) is 30.3 Å². The third-order valence-corrected chi connectivity index (χ3v) is 9.40. The molecule has 13 heteroatoms. The van der Waals surface area contributed by atoms with Crippen molar-refractivity contribution < 1.29 is 32.3 Å². The van der Waals surface area contributed by atoms with Crippen LogP contribution < -0.4 is 15.0 Å². The van der Waals surface area contributed by atoms with E-state index in [0.717, 1.165) is 38.8 Å². The maximum absolute atomic E-state index is 14.2. The number of benzene rings is 1. The number of alkyl halides is 2. The van der Waals surface area contributed by atoms with Crippen LogP contribution in [0.3, 0.4) is 0 Å². The standard InChI is InChI=1S/C29H33F2N7O4/c1-18(39)32-21-8-13-38(27(21)40)17-29(38)9-6-19(7-10-29)42-24-16-23(34-28(35-24)36-11-14-41-15-12-36)37-22-5-3-2-4-20(22)33-26(37)25(30)31/h2-5,16,19,21,25H,6-15,17H2,1H3/p+1/t19?,21-,29?,38?/m0/s1. The molecular weight excluding hydrogens is 548 g/mol. The number of morpholine rings is 1. The molecule has 2 aromatic heterocycles. The number of hydrogen-bond acceptors (Lipinski definition) is 8. The predicted molar refractivity (Wildman–Crippen MR) is 147 cm³/mol. The number of ether oxygens (including phenoxy) is 2. The van der Waals surface area contributed by atoms with Gasteiger partial charge in [-0.1, -0.05) is 12.1 Å². The van der Waals surface area contributed by atoms with Gasteiger partial charge < -0.3 is 19.7 Å². The summed E-state index contributed by atoms with van der Waals surface area (Å²) in [5.74, 6) is 0.562. The lowest BCUT2D eigenvalue weighted by atomic mass is 9.86. The van der Waals surface area contributed by atoms with Gasteiger partial charge in [0, 0.05) is 45.3 Å². The number of carbonyl (C=O) groups excluding carboxylic acids is 2. The first-order valence-corrected chi connectivity index (χ1v) is 14.6. The Morgan fingerprint density at radius 3 is 2.64 bits per heavy atom. The third-order valence-electron chi connectivity index (χ3n) is 9.40. The highest BCUT2D eigenvalue weighted by molar-refractivity contribution is 5.85. The van der Waals surface area contributed by atoms with Crippen LogP contribution >= 0.6 is 0 Å². The summed E-state index contributed by atoms with van der Waals surface area (Å²) in [7, 11) is 0. The zero-order chi connectivity index (χ0) is 29.1. The van der Waals surface area contributed by atoms with Crippen LogP contribution in [0.25, 0.3) is 16.9 Å². The number of quaternary nitrogens is 1. The van der Waals surface area contributed by atoms with Crippen molar-refractivity contribution in [2.75, 3.05) is 44.3 Å². The smallest absolute Gasteiger partial charge is 0.337 e. The van der Waals surface area contributed by atoms with E-state index in [1.165, 1.54) is 11.5 Å². The minimum Gasteiger partial charge on any atom is -0.474 e. The molecular formula is C29H34F2N7O4+. The van der Waals surface area contributed by atoms with Crippen molar-refractivity contribution in [3.05, 3.63) is 36.2 Å². The van der Waals surface area contributed by atoms with Crippen LogP contribution in [0.4, 0.5) is 14.7 Å². The Morgan fingerprint density at radius 2 is 1.90 bits per heavy atom. The normalized spacial score (nSPS) is 29.1. The van der Waals surface area contributed by atoms with Crippen molar-refractivity contribution in [2.45, 2.75) is 63.1 Å². The summed E-state index contributed by atoms with van der Waals surface area (Å²) in [5.41, 5.74) is 0.903. The number of para-hydroxylation sites is 2. The number of carbonyl (C=O) groups is 2. The average Bonchev–Trinajstić information content (AvgIpc) is 3.25. The van der Waals surface area contributed by atoms with Gasteiger partial charge in [-0.15, -0.1) is 0 Å². The topological polar surface area (TPSA) is 111 Å². The fourth-order valence-electron chi connectivity index (χ4n) is 7.27. The summed E-state index contributed by atoms with van der Waals surface area (Å²) in [6.07, 6.45) is 0.928. The maximum atomic E-state index is 14.2. The number of anilines is 1. The molecule has 0 radical (unpaired) electrons. The molecule has 5 heterocycles. The third kappa shape index (κ3) is 4.49. The summed E-state index contributed by atoms with van der Waals surface area (Å²) in [5, 5.41) is 2.81. The summed E-state index contributed by atoms with van der Waals surface area (Å²) in [6, 6.07) is 8.21. The number of halogens is 2. The van der Waals surface area contributed by atoms with Gasteiger partial charge in [-0.3, -0.25) is 9.36 Å². The van der Waals surface area contributed by atoms with Gasteiger partial charge in [-0.05, 0) is 25.0 Å². The number of nitrogens with one attached hydrogen (secondary N) is 1. The van der Waals surface area contributed by atoms with Crippen molar-refractivity contribution in [1.29, 1.82) is 0 Å². The molecule has 2 atom stereocenters. The molecule has 4 fully saturated rings. The first kappa shape index (κ1) is 27.1. The fraction of sp³-hybridized carbons (Fsp3) is 0.552. The van der Waals surface area contributed by atoms with E-state index in [-0.39, 0.29) is 35.1 Å². The lowest BCUT2D eigenvalue weighted by molar-refractivity contribution is -0.744. The SMILES string of the molecule is CC(=O)N[C@H]1CC[N+]2(CC23CCC(Oc2cc(-n4c(C(F)F)nc5ccccc54)nc(N4CCOCC4)n2)CC3)C1=O. The Labute approximate surface area is 241 Å². The van der Waals surface area contributed by atoms with Gasteiger partial charge in [0.25, 0.3) is 6.43 Å². The largest absolute Gasteiger partial charge is 0.474 e. The highest BCUT2D eigenvalue weighted by Gasteiger charge is 2.76. The number of imidazole rings is 1. The molecule has 1 aromatic carbocycles. The second-order valence-electron chi connectivity index (χ2n) is 11.8. The number of fused-ring (bicyclic) bond motifs is 2. The Morgan fingerprint density at radius 1 is 1.14 bits per heavy atom. The number of nitrogens with zero attached hydrogens (tertiary/aromatic N) is 6. The minimum atomic E-state index is -2.80. The second kappa shape index (κ2) is 10.2. The summed E-state index contributed by atoms with van der Waals surface area (Å²) < 4.78 is 42.1. The molecule has 11 nitrogen and oxygen atoms in total. The summed E-state index contributed by atoms with van der Waals surface area (Å²) >= 11 is 0. The summed E-state index contributed by atoms with van der Waals surface area (Å²) in [4.78, 5) is 40.3. The zero-order valence-electron chi connectivity index (χ0n) is 23.5. The van der Waals surface area contributed by atoms with Crippen molar-refractivity contribution in [3.8, 4) is 11.7 Å². The minimum absolute atomic E-state index is 0.0815. The second-order valence-corrected chi connectivity index (χ2v) is 11.8. The number of rotatable bonds is 6. The van der Waals surface area contributed by atoms with Crippen molar-refractivity contribution in [2.24, 2.45) is 0 Å². The van der Waals surface area contributed by atoms with Gasteiger partial charge in [0.2, 0.25) is 17.7 Å². The molecule has 1 saturated carbocycles. The predicted octanol–water partition coefficient (Wildman–Crippen LogP) is 2.92. The van der Waals surface area contributed by atoms with E-state index in [0.29, 0.717) is 60.1 Å². The molecule has 1 unspecified atom stereocenters. The monoisotopic (exact) mass is 582 g/mol. The highest BCUT2D eigenvalue weighted by Crippen LogP contribution is 2.55. The zero-order valence-corrected chi connectivity index (χ0v) is 23.5. The molecule has 7 rings (SSSR count). The molecule has 1 aliphatic carbocycles. The van der Waals surface area contributed by atoms with E-state index >= 15 is 0 Å². The van der Waals surface area contributed by atoms with Crippen LogP contribution in [-0.4, -0.2) is 92.9 Å². The Hall–Kier alpha value is -3.71. The Balaban J connectivity index is 1.14. The fourth-order valence-corrected chi connectivity index (χ4v) is 7.27. The lowest BCUT2D eigenvalue weighted by Gasteiger charge is -2.30. The van der Waals surface area contributed by atoms with Crippen LogP contribution in [-0.2, 0) is 14.3 Å². The van der Waals surface area contributed by atoms with Gasteiger partial charge in [0.15, 0.2) is 11.4 Å². The summed E-state index contributed by atoms with van der Waals surface area (Å²) in [6.45, 7) is 5.22. The van der Waals surface area contributed by atoms with Gasteiger partial charge >= 0.3 is 5.91 Å². The van der Waals surface area contributed by atoms with E-state index in [1.54, 1.807) is 30.3 Å². The molecule has 0 bridgehead atoms. The Kier molecular flexibility index (Phi) is 6.61. The van der Waals surface area contributed by atoms with Gasteiger partial charge in [0.1, 0.15) is 24.5 Å². The Bertz CT molecular complexity index is 1530. The van der Waals surface area contributed by atoms with Gasteiger partial charge in [0.05, 0.1) is 30.8 Å². The average molecular weight is 583 g/mol. The van der Waals surface area contributed by atoms with E-state index in [9.17, 15) is 18.4 Å². The van der Waals surface area contributed by atoms with E-state index < -0.39 is 12.5 Å². The van der Waals surface area contributed by atoms with Gasteiger partial charge in [-0.2, -0.15) is 9.97 Å². The maximum Gasteiger partial charge on any atom is 0.337 e. The molecule has 42 heavy (non-hydrogen) atoms. The van der Waals surface area contributed by atoms with Crippen LogP contribution in [0.5, 0.6) is 5.88 Å². The van der Waals surface area contributed by atoms with Gasteiger partial charge in [-0.25, -0.2) is 23.0 Å². The van der Waals surface area contributed by atoms with E-state index in [4.69, 9.17) is 19.4 Å². The van der Waals surface area contributed by atoms with Crippen LogP contribution in [0, 0.1) is 0 Å². The molecule has 3 aromatic rings. The molecule has 3 saturated heterocycles. The first-order chi connectivity index (χ1) is 20.3. The first-order valence-electron chi connectivity index (χ1n) is 14.6. The molecule has 4 aliphatic rings. The molecule has 2 spiro atoms. The quantitative estimate of drug-likeness (QED) is 0.349. The number of amides is 2. The molecule has 222 valence electrons. The lowest BCUT2D eigenvalue weighted by Crippen LogP contribution is -2.46. The van der Waals surface area contributed by atoms with Crippen molar-refractivity contribution in [1.82, 2.24) is 24.8 Å². The number of hydrogen-bond donors (Lipinski definition) is 1. The van der Waals surface area contributed by atoms with E-state index in [1.807, 2.05) is 4.90 Å². The van der Waals surface area contributed by atoms with Crippen LogP contribution in [0.1, 0.15) is 51.3 Å².